The van der Waals surface area contributed by atoms with Crippen LogP contribution in [0.4, 0.5) is 0 Å². The zero-order chi connectivity index (χ0) is 13.8. The number of halogens is 1. The largest absolute Gasteiger partial charge is 0.494 e. The lowest BCUT2D eigenvalue weighted by atomic mass is 9.99. The Morgan fingerprint density at radius 1 is 1.26 bits per heavy atom. The number of carbonyl (C=O) groups is 1. The SMILES string of the molecule is CCOc1cccc(-c2ccc(Br)cc2C(=O)O)c1. The Balaban J connectivity index is 2.52. The average molecular weight is 321 g/mol. The van der Waals surface area contributed by atoms with Crippen LogP contribution in [0.3, 0.4) is 0 Å². The summed E-state index contributed by atoms with van der Waals surface area (Å²) in [6.45, 7) is 2.49. The molecule has 4 heteroatoms. The molecular formula is C15H13BrO3. The molecule has 0 aromatic heterocycles. The Labute approximate surface area is 120 Å². The first kappa shape index (κ1) is 13.6. The Hall–Kier alpha value is -1.81. The summed E-state index contributed by atoms with van der Waals surface area (Å²) < 4.78 is 6.18. The standard InChI is InChI=1S/C15H13BrO3/c1-2-19-12-5-3-4-10(8-12)13-7-6-11(16)9-14(13)15(17)18/h3-9H,2H2,1H3,(H,17,18). The van der Waals surface area contributed by atoms with E-state index in [0.29, 0.717) is 12.2 Å². The molecule has 2 aromatic rings. The summed E-state index contributed by atoms with van der Waals surface area (Å²) in [5, 5.41) is 9.27. The van der Waals surface area contributed by atoms with E-state index in [1.54, 1.807) is 12.1 Å². The van der Waals surface area contributed by atoms with Crippen LogP contribution in [0.15, 0.2) is 46.9 Å². The van der Waals surface area contributed by atoms with Crippen LogP contribution in [0.5, 0.6) is 5.75 Å². The van der Waals surface area contributed by atoms with Gasteiger partial charge in [0.1, 0.15) is 5.75 Å². The number of rotatable bonds is 4. The minimum Gasteiger partial charge on any atom is -0.494 e. The second-order valence-corrected chi connectivity index (χ2v) is 4.87. The van der Waals surface area contributed by atoms with E-state index < -0.39 is 5.97 Å². The molecule has 0 heterocycles. The van der Waals surface area contributed by atoms with Crippen LogP contribution >= 0.6 is 15.9 Å². The van der Waals surface area contributed by atoms with Crippen LogP contribution < -0.4 is 4.74 Å². The van der Waals surface area contributed by atoms with Gasteiger partial charge in [0.2, 0.25) is 0 Å². The van der Waals surface area contributed by atoms with Gasteiger partial charge >= 0.3 is 5.97 Å². The minimum atomic E-state index is -0.946. The van der Waals surface area contributed by atoms with Gasteiger partial charge in [-0.1, -0.05) is 34.1 Å². The van der Waals surface area contributed by atoms with Gasteiger partial charge in [-0.15, -0.1) is 0 Å². The number of carboxylic acid groups (broad SMARTS) is 1. The molecule has 2 rings (SSSR count). The van der Waals surface area contributed by atoms with Gasteiger partial charge in [0.05, 0.1) is 12.2 Å². The first-order valence-corrected chi connectivity index (χ1v) is 6.67. The van der Waals surface area contributed by atoms with Gasteiger partial charge in [0.25, 0.3) is 0 Å². The van der Waals surface area contributed by atoms with E-state index in [9.17, 15) is 9.90 Å². The Morgan fingerprint density at radius 2 is 2.05 bits per heavy atom. The predicted octanol–water partition coefficient (Wildman–Crippen LogP) is 4.21. The van der Waals surface area contributed by atoms with Crippen LogP contribution in [-0.4, -0.2) is 17.7 Å². The summed E-state index contributed by atoms with van der Waals surface area (Å²) in [7, 11) is 0. The molecule has 0 fully saturated rings. The fourth-order valence-electron chi connectivity index (χ4n) is 1.87. The second-order valence-electron chi connectivity index (χ2n) is 3.96. The number of ether oxygens (including phenoxy) is 1. The lowest BCUT2D eigenvalue weighted by Gasteiger charge is -2.09. The zero-order valence-corrected chi connectivity index (χ0v) is 12.0. The van der Waals surface area contributed by atoms with Crippen molar-refractivity contribution in [1.82, 2.24) is 0 Å². The van der Waals surface area contributed by atoms with Gasteiger partial charge in [-0.05, 0) is 42.3 Å². The molecule has 2 aromatic carbocycles. The monoisotopic (exact) mass is 320 g/mol. The number of hydrogen-bond donors (Lipinski definition) is 1. The second kappa shape index (κ2) is 5.89. The third-order valence-corrected chi connectivity index (χ3v) is 3.16. The molecule has 0 radical (unpaired) electrons. The van der Waals surface area contributed by atoms with Crippen LogP contribution in [0.25, 0.3) is 11.1 Å². The quantitative estimate of drug-likeness (QED) is 0.917. The van der Waals surface area contributed by atoms with Gasteiger partial charge in [0.15, 0.2) is 0 Å². The normalized spacial score (nSPS) is 10.2. The summed E-state index contributed by atoms with van der Waals surface area (Å²) in [6, 6.07) is 12.6. The fourth-order valence-corrected chi connectivity index (χ4v) is 2.23. The fraction of sp³-hybridized carbons (Fsp3) is 0.133. The molecule has 0 unspecified atom stereocenters. The van der Waals surface area contributed by atoms with Crippen molar-refractivity contribution in [2.75, 3.05) is 6.61 Å². The summed E-state index contributed by atoms with van der Waals surface area (Å²) in [5.74, 6) is -0.211. The maximum absolute atomic E-state index is 11.3. The summed E-state index contributed by atoms with van der Waals surface area (Å²) in [6.07, 6.45) is 0. The minimum absolute atomic E-state index is 0.267. The zero-order valence-electron chi connectivity index (χ0n) is 10.4. The van der Waals surface area contributed by atoms with Gasteiger partial charge in [-0.3, -0.25) is 0 Å². The van der Waals surface area contributed by atoms with Crippen molar-refractivity contribution in [3.63, 3.8) is 0 Å². The first-order valence-electron chi connectivity index (χ1n) is 5.88. The van der Waals surface area contributed by atoms with Crippen LogP contribution in [0.1, 0.15) is 17.3 Å². The van der Waals surface area contributed by atoms with Gasteiger partial charge in [0, 0.05) is 4.47 Å². The highest BCUT2D eigenvalue weighted by Crippen LogP contribution is 2.29. The molecule has 0 aliphatic carbocycles. The van der Waals surface area contributed by atoms with Crippen LogP contribution in [0.2, 0.25) is 0 Å². The highest BCUT2D eigenvalue weighted by Gasteiger charge is 2.12. The van der Waals surface area contributed by atoms with E-state index in [1.165, 1.54) is 0 Å². The molecule has 1 N–H and O–H groups in total. The molecule has 0 saturated heterocycles. The molecule has 0 atom stereocenters. The maximum Gasteiger partial charge on any atom is 0.336 e. The average Bonchev–Trinajstić information content (AvgIpc) is 2.39. The van der Waals surface area contributed by atoms with E-state index >= 15 is 0 Å². The number of benzene rings is 2. The van der Waals surface area contributed by atoms with E-state index in [0.717, 1.165) is 15.8 Å². The van der Waals surface area contributed by atoms with E-state index in [4.69, 9.17) is 4.74 Å². The Kier molecular flexibility index (Phi) is 4.22. The maximum atomic E-state index is 11.3. The van der Waals surface area contributed by atoms with Crippen molar-refractivity contribution < 1.29 is 14.6 Å². The first-order chi connectivity index (χ1) is 9.11. The van der Waals surface area contributed by atoms with Gasteiger partial charge < -0.3 is 9.84 Å². The summed E-state index contributed by atoms with van der Waals surface area (Å²) >= 11 is 3.29. The molecule has 0 aliphatic rings. The summed E-state index contributed by atoms with van der Waals surface area (Å²) in [5.41, 5.74) is 1.77. The third-order valence-electron chi connectivity index (χ3n) is 2.67. The third kappa shape index (κ3) is 3.15. The Bertz CT molecular complexity index is 608. The van der Waals surface area contributed by atoms with Crippen molar-refractivity contribution in [3.05, 3.63) is 52.5 Å². The van der Waals surface area contributed by atoms with Crippen LogP contribution in [0, 0.1) is 0 Å². The van der Waals surface area contributed by atoms with Gasteiger partial charge in [-0.2, -0.15) is 0 Å². The molecule has 3 nitrogen and oxygen atoms in total. The van der Waals surface area contributed by atoms with Gasteiger partial charge in [-0.25, -0.2) is 4.79 Å². The van der Waals surface area contributed by atoms with Crippen molar-refractivity contribution >= 4 is 21.9 Å². The van der Waals surface area contributed by atoms with E-state index in [1.807, 2.05) is 37.3 Å². The molecule has 0 spiro atoms. The van der Waals surface area contributed by atoms with E-state index in [2.05, 4.69) is 15.9 Å². The Morgan fingerprint density at radius 3 is 2.74 bits per heavy atom. The molecule has 19 heavy (non-hydrogen) atoms. The van der Waals surface area contributed by atoms with Crippen molar-refractivity contribution in [1.29, 1.82) is 0 Å². The molecule has 0 amide bonds. The smallest absolute Gasteiger partial charge is 0.336 e. The van der Waals surface area contributed by atoms with E-state index in [-0.39, 0.29) is 5.56 Å². The predicted molar refractivity (Wildman–Crippen MR) is 77.7 cm³/mol. The molecular weight excluding hydrogens is 308 g/mol. The lowest BCUT2D eigenvalue weighted by molar-refractivity contribution is 0.0697. The molecule has 98 valence electrons. The highest BCUT2D eigenvalue weighted by molar-refractivity contribution is 9.10. The molecule has 0 aliphatic heterocycles. The topological polar surface area (TPSA) is 46.5 Å². The highest BCUT2D eigenvalue weighted by atomic mass is 79.9. The van der Waals surface area contributed by atoms with Crippen molar-refractivity contribution in [2.24, 2.45) is 0 Å². The van der Waals surface area contributed by atoms with Crippen LogP contribution in [-0.2, 0) is 0 Å². The van der Waals surface area contributed by atoms with Crippen molar-refractivity contribution in [2.45, 2.75) is 6.92 Å². The molecule has 0 saturated carbocycles. The summed E-state index contributed by atoms with van der Waals surface area (Å²) in [4.78, 5) is 11.3. The van der Waals surface area contributed by atoms with Crippen molar-refractivity contribution in [3.8, 4) is 16.9 Å². The number of carboxylic acids is 1. The lowest BCUT2D eigenvalue weighted by Crippen LogP contribution is -2.00. The molecule has 0 bridgehead atoms. The number of hydrogen-bond acceptors (Lipinski definition) is 2. The number of aromatic carboxylic acids is 1.